The number of nitrogens with zero attached hydrogens (tertiary/aromatic N) is 1. The Morgan fingerprint density at radius 2 is 1.78 bits per heavy atom. The van der Waals surface area contributed by atoms with Crippen LogP contribution < -0.4 is 0 Å². The Kier molecular flexibility index (Phi) is 4.79. The van der Waals surface area contributed by atoms with Crippen LogP contribution in [0.3, 0.4) is 0 Å². The minimum Gasteiger partial charge on any atom is -0.387 e. The standard InChI is InChI=1S/C16H25NO/c1-13(2)14-8-10-17(11-9-14)12-16(18)15-6-4-3-5-7-15/h3-7,13-14,16,18H,8-12H2,1-2H3. The number of likely N-dealkylation sites (tertiary alicyclic amines) is 1. The molecular weight excluding hydrogens is 222 g/mol. The van der Waals surface area contributed by atoms with Crippen LogP contribution in [0, 0.1) is 11.8 Å². The second-order valence-electron chi connectivity index (χ2n) is 5.81. The van der Waals surface area contributed by atoms with Gasteiger partial charge in [-0.3, -0.25) is 0 Å². The average Bonchev–Trinajstić information content (AvgIpc) is 2.40. The van der Waals surface area contributed by atoms with Gasteiger partial charge in [0.1, 0.15) is 0 Å². The maximum atomic E-state index is 10.2. The van der Waals surface area contributed by atoms with Crippen molar-refractivity contribution < 1.29 is 5.11 Å². The molecule has 0 amide bonds. The van der Waals surface area contributed by atoms with Gasteiger partial charge in [-0.25, -0.2) is 0 Å². The van der Waals surface area contributed by atoms with Gasteiger partial charge in [0.25, 0.3) is 0 Å². The van der Waals surface area contributed by atoms with Crippen molar-refractivity contribution in [3.8, 4) is 0 Å². The monoisotopic (exact) mass is 247 g/mol. The third-order valence-electron chi connectivity index (χ3n) is 4.19. The first-order valence-electron chi connectivity index (χ1n) is 7.12. The van der Waals surface area contributed by atoms with E-state index in [1.54, 1.807) is 0 Å². The van der Waals surface area contributed by atoms with E-state index in [1.165, 1.54) is 12.8 Å². The van der Waals surface area contributed by atoms with E-state index in [0.717, 1.165) is 37.0 Å². The van der Waals surface area contributed by atoms with E-state index in [1.807, 2.05) is 30.3 Å². The number of hydrogen-bond acceptors (Lipinski definition) is 2. The van der Waals surface area contributed by atoms with Crippen molar-refractivity contribution in [1.82, 2.24) is 4.90 Å². The molecule has 2 nitrogen and oxygen atoms in total. The fraction of sp³-hybridized carbons (Fsp3) is 0.625. The van der Waals surface area contributed by atoms with E-state index in [-0.39, 0.29) is 6.10 Å². The minimum atomic E-state index is -0.346. The van der Waals surface area contributed by atoms with E-state index in [0.29, 0.717) is 0 Å². The molecule has 0 saturated carbocycles. The summed E-state index contributed by atoms with van der Waals surface area (Å²) < 4.78 is 0. The van der Waals surface area contributed by atoms with E-state index < -0.39 is 0 Å². The summed E-state index contributed by atoms with van der Waals surface area (Å²) in [6.45, 7) is 7.67. The lowest BCUT2D eigenvalue weighted by Gasteiger charge is -2.34. The Morgan fingerprint density at radius 3 is 2.33 bits per heavy atom. The number of β-amino-alcohol motifs (C(OH)–C–C–N with tert-alkyl or cyclic N) is 1. The SMILES string of the molecule is CC(C)C1CCN(CC(O)c2ccccc2)CC1. The number of aliphatic hydroxyl groups excluding tert-OH is 1. The Bertz CT molecular complexity index is 341. The van der Waals surface area contributed by atoms with Crippen molar-refractivity contribution in [1.29, 1.82) is 0 Å². The van der Waals surface area contributed by atoms with Crippen molar-refractivity contribution in [3.05, 3.63) is 35.9 Å². The van der Waals surface area contributed by atoms with Crippen molar-refractivity contribution >= 4 is 0 Å². The highest BCUT2D eigenvalue weighted by Crippen LogP contribution is 2.25. The molecular formula is C16H25NO. The van der Waals surface area contributed by atoms with Gasteiger partial charge in [-0.2, -0.15) is 0 Å². The molecule has 0 aromatic heterocycles. The lowest BCUT2D eigenvalue weighted by Crippen LogP contribution is -2.37. The topological polar surface area (TPSA) is 23.5 Å². The number of rotatable bonds is 4. The molecule has 2 rings (SSSR count). The zero-order valence-corrected chi connectivity index (χ0v) is 11.5. The Balaban J connectivity index is 1.81. The van der Waals surface area contributed by atoms with Gasteiger partial charge >= 0.3 is 0 Å². The molecule has 1 saturated heterocycles. The van der Waals surface area contributed by atoms with Gasteiger partial charge < -0.3 is 10.0 Å². The van der Waals surface area contributed by atoms with Crippen LogP contribution >= 0.6 is 0 Å². The summed E-state index contributed by atoms with van der Waals surface area (Å²) in [6.07, 6.45) is 2.21. The normalized spacial score (nSPS) is 20.2. The molecule has 1 atom stereocenters. The number of aliphatic hydroxyl groups is 1. The molecule has 100 valence electrons. The lowest BCUT2D eigenvalue weighted by molar-refractivity contribution is 0.0818. The second kappa shape index (κ2) is 6.35. The van der Waals surface area contributed by atoms with Gasteiger partial charge in [0, 0.05) is 6.54 Å². The maximum Gasteiger partial charge on any atom is 0.0916 e. The predicted octanol–water partition coefficient (Wildman–Crippen LogP) is 3.09. The fourth-order valence-electron chi connectivity index (χ4n) is 2.83. The van der Waals surface area contributed by atoms with Crippen molar-refractivity contribution in [3.63, 3.8) is 0 Å². The zero-order valence-electron chi connectivity index (χ0n) is 11.5. The van der Waals surface area contributed by atoms with Gasteiger partial charge in [-0.1, -0.05) is 44.2 Å². The van der Waals surface area contributed by atoms with Crippen LogP contribution in [-0.2, 0) is 0 Å². The molecule has 0 spiro atoms. The zero-order chi connectivity index (χ0) is 13.0. The summed E-state index contributed by atoms with van der Waals surface area (Å²) in [4.78, 5) is 2.40. The predicted molar refractivity (Wildman–Crippen MR) is 75.4 cm³/mol. The van der Waals surface area contributed by atoms with E-state index in [9.17, 15) is 5.11 Å². The highest BCUT2D eigenvalue weighted by Gasteiger charge is 2.23. The van der Waals surface area contributed by atoms with Crippen LogP contribution in [0.5, 0.6) is 0 Å². The molecule has 1 aromatic rings. The summed E-state index contributed by atoms with van der Waals surface area (Å²) in [6, 6.07) is 9.98. The van der Waals surface area contributed by atoms with Crippen molar-refractivity contribution in [2.75, 3.05) is 19.6 Å². The van der Waals surface area contributed by atoms with E-state index >= 15 is 0 Å². The molecule has 18 heavy (non-hydrogen) atoms. The highest BCUT2D eigenvalue weighted by atomic mass is 16.3. The molecule has 1 aromatic carbocycles. The lowest BCUT2D eigenvalue weighted by atomic mass is 9.86. The Morgan fingerprint density at radius 1 is 1.17 bits per heavy atom. The van der Waals surface area contributed by atoms with Gasteiger partial charge in [0.05, 0.1) is 6.10 Å². The van der Waals surface area contributed by atoms with Crippen molar-refractivity contribution in [2.24, 2.45) is 11.8 Å². The van der Waals surface area contributed by atoms with Crippen LogP contribution in [-0.4, -0.2) is 29.6 Å². The van der Waals surface area contributed by atoms with Crippen LogP contribution in [0.4, 0.5) is 0 Å². The average molecular weight is 247 g/mol. The quantitative estimate of drug-likeness (QED) is 0.884. The first kappa shape index (κ1) is 13.6. The minimum absolute atomic E-state index is 0.346. The molecule has 0 bridgehead atoms. The number of benzene rings is 1. The summed E-state index contributed by atoms with van der Waals surface area (Å²) in [5.41, 5.74) is 1.03. The second-order valence-corrected chi connectivity index (χ2v) is 5.81. The highest BCUT2D eigenvalue weighted by molar-refractivity contribution is 5.17. The van der Waals surface area contributed by atoms with E-state index in [4.69, 9.17) is 0 Å². The van der Waals surface area contributed by atoms with Crippen LogP contribution in [0.15, 0.2) is 30.3 Å². The van der Waals surface area contributed by atoms with Gasteiger partial charge in [-0.05, 0) is 43.3 Å². The van der Waals surface area contributed by atoms with Crippen molar-refractivity contribution in [2.45, 2.75) is 32.8 Å². The largest absolute Gasteiger partial charge is 0.387 e. The molecule has 1 unspecified atom stereocenters. The fourth-order valence-corrected chi connectivity index (χ4v) is 2.83. The molecule has 1 N–H and O–H groups in total. The van der Waals surface area contributed by atoms with Crippen LogP contribution in [0.1, 0.15) is 38.4 Å². The summed E-state index contributed by atoms with van der Waals surface area (Å²) in [5, 5.41) is 10.2. The molecule has 1 heterocycles. The number of hydrogen-bond donors (Lipinski definition) is 1. The van der Waals surface area contributed by atoms with E-state index in [2.05, 4.69) is 18.7 Å². The smallest absolute Gasteiger partial charge is 0.0916 e. The first-order chi connectivity index (χ1) is 8.66. The summed E-state index contributed by atoms with van der Waals surface area (Å²) in [5.74, 6) is 1.67. The third-order valence-corrected chi connectivity index (χ3v) is 4.19. The first-order valence-corrected chi connectivity index (χ1v) is 7.12. The maximum absolute atomic E-state index is 10.2. The number of piperidine rings is 1. The Hall–Kier alpha value is -0.860. The molecule has 2 heteroatoms. The molecule has 0 aliphatic carbocycles. The van der Waals surface area contributed by atoms with Gasteiger partial charge in [0.15, 0.2) is 0 Å². The third kappa shape index (κ3) is 3.56. The molecule has 1 aliphatic heterocycles. The van der Waals surface area contributed by atoms with Crippen LogP contribution in [0.2, 0.25) is 0 Å². The molecule has 1 aliphatic rings. The molecule has 0 radical (unpaired) electrons. The van der Waals surface area contributed by atoms with Gasteiger partial charge in [-0.15, -0.1) is 0 Å². The van der Waals surface area contributed by atoms with Crippen LogP contribution in [0.25, 0.3) is 0 Å². The summed E-state index contributed by atoms with van der Waals surface area (Å²) >= 11 is 0. The van der Waals surface area contributed by atoms with Gasteiger partial charge in [0.2, 0.25) is 0 Å². The Labute approximate surface area is 111 Å². The summed E-state index contributed by atoms with van der Waals surface area (Å²) in [7, 11) is 0. The molecule has 1 fully saturated rings.